The topological polar surface area (TPSA) is 79.3 Å². The Labute approximate surface area is 142 Å². The van der Waals surface area contributed by atoms with Gasteiger partial charge in [0.2, 0.25) is 5.88 Å². The number of nitrogens with one attached hydrogen (secondary N) is 1. The van der Waals surface area contributed by atoms with E-state index in [9.17, 15) is 4.79 Å². The van der Waals surface area contributed by atoms with E-state index < -0.39 is 0 Å². The van der Waals surface area contributed by atoms with E-state index in [4.69, 9.17) is 9.47 Å². The van der Waals surface area contributed by atoms with E-state index in [1.807, 2.05) is 19.1 Å². The molecule has 1 saturated heterocycles. The molecule has 1 amide bonds. The van der Waals surface area contributed by atoms with E-state index in [1.165, 1.54) is 0 Å². The summed E-state index contributed by atoms with van der Waals surface area (Å²) in [7, 11) is 3.36. The van der Waals surface area contributed by atoms with Gasteiger partial charge in [0.25, 0.3) is 0 Å². The van der Waals surface area contributed by atoms with Crippen LogP contribution in [0.4, 0.5) is 4.79 Å². The summed E-state index contributed by atoms with van der Waals surface area (Å²) in [5.41, 5.74) is 1.06. The van der Waals surface area contributed by atoms with Gasteiger partial charge in [-0.2, -0.15) is 0 Å². The van der Waals surface area contributed by atoms with Gasteiger partial charge in [0.1, 0.15) is 0 Å². The van der Waals surface area contributed by atoms with Crippen LogP contribution < -0.4 is 10.1 Å². The second-order valence-electron chi connectivity index (χ2n) is 5.28. The fraction of sp³-hybridized carbons (Fsp3) is 0.562. The SMILES string of the molecule is CCOC(=O)N1CCN(C(=NC)NCc2ccnc(OC)c2)CC1. The molecule has 1 aromatic heterocycles. The Morgan fingerprint density at radius 2 is 2.04 bits per heavy atom. The second-order valence-corrected chi connectivity index (χ2v) is 5.28. The van der Waals surface area contributed by atoms with E-state index in [1.54, 1.807) is 25.3 Å². The van der Waals surface area contributed by atoms with Gasteiger partial charge in [0, 0.05) is 52.0 Å². The van der Waals surface area contributed by atoms with E-state index >= 15 is 0 Å². The third-order valence-corrected chi connectivity index (χ3v) is 3.78. The lowest BCUT2D eigenvalue weighted by Gasteiger charge is -2.35. The molecule has 0 spiro atoms. The van der Waals surface area contributed by atoms with Gasteiger partial charge in [-0.05, 0) is 18.6 Å². The molecule has 8 heteroatoms. The number of carbonyl (C=O) groups is 1. The summed E-state index contributed by atoms with van der Waals surface area (Å²) >= 11 is 0. The zero-order chi connectivity index (χ0) is 17.4. The van der Waals surface area contributed by atoms with Crippen molar-refractivity contribution in [3.05, 3.63) is 23.9 Å². The molecule has 8 nitrogen and oxygen atoms in total. The predicted octanol–water partition coefficient (Wildman–Crippen LogP) is 0.940. The van der Waals surface area contributed by atoms with Gasteiger partial charge in [0.15, 0.2) is 5.96 Å². The Balaban J connectivity index is 1.85. The Morgan fingerprint density at radius 1 is 1.33 bits per heavy atom. The number of amides is 1. The van der Waals surface area contributed by atoms with Crippen LogP contribution >= 0.6 is 0 Å². The number of methoxy groups -OCH3 is 1. The number of carbonyl (C=O) groups excluding carboxylic acids is 1. The molecule has 1 aliphatic rings. The molecule has 0 aromatic carbocycles. The molecular weight excluding hydrogens is 310 g/mol. The minimum absolute atomic E-state index is 0.246. The van der Waals surface area contributed by atoms with E-state index in [-0.39, 0.29) is 6.09 Å². The maximum atomic E-state index is 11.7. The molecule has 0 atom stereocenters. The molecular formula is C16H25N5O3. The zero-order valence-corrected chi connectivity index (χ0v) is 14.5. The molecule has 0 radical (unpaired) electrons. The van der Waals surface area contributed by atoms with Crippen molar-refractivity contribution in [2.24, 2.45) is 4.99 Å². The summed E-state index contributed by atoms with van der Waals surface area (Å²) in [6.07, 6.45) is 1.47. The van der Waals surface area contributed by atoms with Crippen molar-refractivity contribution in [2.45, 2.75) is 13.5 Å². The Hall–Kier alpha value is -2.51. The van der Waals surface area contributed by atoms with Gasteiger partial charge in [-0.1, -0.05) is 0 Å². The summed E-state index contributed by atoms with van der Waals surface area (Å²) in [5.74, 6) is 1.40. The van der Waals surface area contributed by atoms with E-state index in [2.05, 4.69) is 20.2 Å². The third kappa shape index (κ3) is 4.74. The van der Waals surface area contributed by atoms with Crippen LogP contribution in [0.25, 0.3) is 0 Å². The van der Waals surface area contributed by atoms with Crippen LogP contribution in [0.1, 0.15) is 12.5 Å². The molecule has 1 aliphatic heterocycles. The van der Waals surface area contributed by atoms with Gasteiger partial charge in [-0.15, -0.1) is 0 Å². The van der Waals surface area contributed by atoms with Gasteiger partial charge < -0.3 is 24.6 Å². The normalized spacial score (nSPS) is 15.2. The Bertz CT molecular complexity index is 571. The molecule has 1 fully saturated rings. The number of pyridine rings is 1. The van der Waals surface area contributed by atoms with Crippen molar-refractivity contribution in [1.82, 2.24) is 20.1 Å². The average Bonchev–Trinajstić information content (AvgIpc) is 2.63. The van der Waals surface area contributed by atoms with Crippen LogP contribution in [0.3, 0.4) is 0 Å². The number of guanidine groups is 1. The summed E-state index contributed by atoms with van der Waals surface area (Å²) in [5, 5.41) is 3.33. The minimum Gasteiger partial charge on any atom is -0.481 e. The zero-order valence-electron chi connectivity index (χ0n) is 14.5. The predicted molar refractivity (Wildman–Crippen MR) is 91.2 cm³/mol. The molecule has 24 heavy (non-hydrogen) atoms. The molecule has 132 valence electrons. The molecule has 0 bridgehead atoms. The number of nitrogens with zero attached hydrogens (tertiary/aromatic N) is 4. The lowest BCUT2D eigenvalue weighted by molar-refractivity contribution is 0.0914. The number of hydrogen-bond acceptors (Lipinski definition) is 5. The number of aliphatic imine (C=N–C) groups is 1. The minimum atomic E-state index is -0.246. The highest BCUT2D eigenvalue weighted by Crippen LogP contribution is 2.09. The largest absolute Gasteiger partial charge is 0.481 e. The summed E-state index contributed by atoms with van der Waals surface area (Å²) < 4.78 is 10.2. The number of rotatable bonds is 4. The van der Waals surface area contributed by atoms with E-state index in [0.29, 0.717) is 32.1 Å². The maximum Gasteiger partial charge on any atom is 0.409 e. The number of aromatic nitrogens is 1. The fourth-order valence-corrected chi connectivity index (χ4v) is 2.50. The van der Waals surface area contributed by atoms with Crippen LogP contribution in [-0.2, 0) is 11.3 Å². The lowest BCUT2D eigenvalue weighted by atomic mass is 10.2. The van der Waals surface area contributed by atoms with Crippen molar-refractivity contribution in [3.63, 3.8) is 0 Å². The molecule has 2 heterocycles. The highest BCUT2D eigenvalue weighted by Gasteiger charge is 2.23. The summed E-state index contributed by atoms with van der Waals surface area (Å²) in [6.45, 7) is 5.54. The fourth-order valence-electron chi connectivity index (χ4n) is 2.50. The van der Waals surface area contributed by atoms with Crippen LogP contribution in [-0.4, -0.2) is 73.8 Å². The van der Waals surface area contributed by atoms with Crippen molar-refractivity contribution >= 4 is 12.1 Å². The van der Waals surface area contributed by atoms with Gasteiger partial charge in [-0.3, -0.25) is 4.99 Å². The molecule has 0 unspecified atom stereocenters. The van der Waals surface area contributed by atoms with Crippen molar-refractivity contribution in [1.29, 1.82) is 0 Å². The number of ether oxygens (including phenoxy) is 2. The monoisotopic (exact) mass is 335 g/mol. The van der Waals surface area contributed by atoms with Crippen LogP contribution in [0, 0.1) is 0 Å². The van der Waals surface area contributed by atoms with Crippen molar-refractivity contribution in [3.8, 4) is 5.88 Å². The molecule has 0 saturated carbocycles. The Morgan fingerprint density at radius 3 is 2.67 bits per heavy atom. The highest BCUT2D eigenvalue weighted by atomic mass is 16.6. The standard InChI is InChI=1S/C16H25N5O3/c1-4-24-16(22)21-9-7-20(8-10-21)15(17-2)19-12-13-5-6-18-14(11-13)23-3/h5-6,11H,4,7-10,12H2,1-3H3,(H,17,19). The first-order valence-electron chi connectivity index (χ1n) is 8.04. The van der Waals surface area contributed by atoms with Gasteiger partial charge >= 0.3 is 6.09 Å². The lowest BCUT2D eigenvalue weighted by Crippen LogP contribution is -2.53. The highest BCUT2D eigenvalue weighted by molar-refractivity contribution is 5.80. The van der Waals surface area contributed by atoms with E-state index in [0.717, 1.165) is 24.6 Å². The third-order valence-electron chi connectivity index (χ3n) is 3.78. The van der Waals surface area contributed by atoms with Crippen molar-refractivity contribution in [2.75, 3.05) is 46.9 Å². The van der Waals surface area contributed by atoms with Crippen molar-refractivity contribution < 1.29 is 14.3 Å². The Kier molecular flexibility index (Phi) is 6.65. The molecule has 2 rings (SSSR count). The molecule has 0 aliphatic carbocycles. The summed E-state index contributed by atoms with van der Waals surface area (Å²) in [6, 6.07) is 3.82. The first-order valence-corrected chi connectivity index (χ1v) is 8.04. The molecule has 1 aromatic rings. The van der Waals surface area contributed by atoms with Crippen LogP contribution in [0.2, 0.25) is 0 Å². The number of piperazine rings is 1. The first-order chi connectivity index (χ1) is 11.7. The first kappa shape index (κ1) is 17.8. The second kappa shape index (κ2) is 8.95. The maximum absolute atomic E-state index is 11.7. The number of hydrogen-bond donors (Lipinski definition) is 1. The van der Waals surface area contributed by atoms with Gasteiger partial charge in [0.05, 0.1) is 13.7 Å². The summed E-state index contributed by atoms with van der Waals surface area (Å²) in [4.78, 5) is 24.0. The average molecular weight is 335 g/mol. The quantitative estimate of drug-likeness (QED) is 0.652. The smallest absolute Gasteiger partial charge is 0.409 e. The molecule has 1 N–H and O–H groups in total. The van der Waals surface area contributed by atoms with Gasteiger partial charge in [-0.25, -0.2) is 9.78 Å². The van der Waals surface area contributed by atoms with Crippen LogP contribution in [0.5, 0.6) is 5.88 Å². The van der Waals surface area contributed by atoms with Crippen LogP contribution in [0.15, 0.2) is 23.3 Å².